The van der Waals surface area contributed by atoms with Crippen LogP contribution in [-0.4, -0.2) is 57.4 Å². The fraction of sp³-hybridized carbons (Fsp3) is 0.261. The first-order valence-corrected chi connectivity index (χ1v) is 11.4. The van der Waals surface area contributed by atoms with Gasteiger partial charge in [0.25, 0.3) is 15.9 Å². The summed E-state index contributed by atoms with van der Waals surface area (Å²) >= 11 is 0. The summed E-state index contributed by atoms with van der Waals surface area (Å²) in [5.74, 6) is -0.0748. The zero-order chi connectivity index (χ0) is 21.3. The summed E-state index contributed by atoms with van der Waals surface area (Å²) in [6.07, 6.45) is 0. The Kier molecular flexibility index (Phi) is 5.49. The van der Waals surface area contributed by atoms with Crippen molar-refractivity contribution >= 4 is 32.4 Å². The van der Waals surface area contributed by atoms with Gasteiger partial charge in [-0.2, -0.15) is 0 Å². The second kappa shape index (κ2) is 8.08. The number of piperazine rings is 1. The van der Waals surface area contributed by atoms with E-state index in [0.717, 1.165) is 29.4 Å². The van der Waals surface area contributed by atoms with Crippen LogP contribution in [0.1, 0.15) is 15.9 Å². The first-order valence-electron chi connectivity index (χ1n) is 9.93. The third-order valence-corrected chi connectivity index (χ3v) is 6.91. The SMILES string of the molecule is Cc1ccc(C(=O)N2CCN(C)CC2)cc1NS(=O)(=O)c1ccc2ccccc2c1. The van der Waals surface area contributed by atoms with Crippen molar-refractivity contribution in [1.82, 2.24) is 9.80 Å². The average Bonchev–Trinajstić information content (AvgIpc) is 2.75. The molecule has 0 radical (unpaired) electrons. The Bertz CT molecular complexity index is 1200. The number of carbonyl (C=O) groups excluding carboxylic acids is 1. The number of benzene rings is 3. The molecule has 0 bridgehead atoms. The van der Waals surface area contributed by atoms with E-state index in [2.05, 4.69) is 9.62 Å². The molecule has 156 valence electrons. The fourth-order valence-corrected chi connectivity index (χ4v) is 4.75. The van der Waals surface area contributed by atoms with Crippen molar-refractivity contribution in [2.75, 3.05) is 37.9 Å². The Balaban J connectivity index is 1.60. The quantitative estimate of drug-likeness (QED) is 0.699. The van der Waals surface area contributed by atoms with E-state index >= 15 is 0 Å². The molecule has 6 nitrogen and oxygen atoms in total. The number of hydrogen-bond acceptors (Lipinski definition) is 4. The lowest BCUT2D eigenvalue weighted by atomic mass is 10.1. The van der Waals surface area contributed by atoms with E-state index in [1.54, 1.807) is 36.4 Å². The minimum atomic E-state index is -3.78. The summed E-state index contributed by atoms with van der Waals surface area (Å²) in [6, 6.07) is 17.8. The highest BCUT2D eigenvalue weighted by Gasteiger charge is 2.22. The third kappa shape index (κ3) is 4.17. The maximum absolute atomic E-state index is 13.0. The monoisotopic (exact) mass is 423 g/mol. The number of anilines is 1. The van der Waals surface area contributed by atoms with Gasteiger partial charge in [-0.05, 0) is 54.6 Å². The van der Waals surface area contributed by atoms with E-state index in [1.165, 1.54) is 0 Å². The summed E-state index contributed by atoms with van der Waals surface area (Å²) in [7, 11) is -1.75. The van der Waals surface area contributed by atoms with Crippen LogP contribution < -0.4 is 4.72 Å². The molecule has 1 fully saturated rings. The van der Waals surface area contributed by atoms with Crippen LogP contribution in [0.15, 0.2) is 65.6 Å². The van der Waals surface area contributed by atoms with Crippen molar-refractivity contribution in [2.45, 2.75) is 11.8 Å². The van der Waals surface area contributed by atoms with Crippen LogP contribution in [0.5, 0.6) is 0 Å². The van der Waals surface area contributed by atoms with Gasteiger partial charge in [-0.3, -0.25) is 9.52 Å². The zero-order valence-corrected chi connectivity index (χ0v) is 17.9. The molecular weight excluding hydrogens is 398 g/mol. The third-order valence-electron chi connectivity index (χ3n) is 5.55. The molecular formula is C23H25N3O3S. The summed E-state index contributed by atoms with van der Waals surface area (Å²) in [5.41, 5.74) is 1.67. The van der Waals surface area contributed by atoms with Gasteiger partial charge in [0.2, 0.25) is 0 Å². The first kappa shape index (κ1) is 20.4. The highest BCUT2D eigenvalue weighted by molar-refractivity contribution is 7.92. The standard InChI is InChI=1S/C23H25N3O3S/c1-17-7-8-20(23(27)26-13-11-25(2)12-14-26)16-22(17)24-30(28,29)21-10-9-18-5-3-4-6-19(18)15-21/h3-10,15-16,24H,11-14H2,1-2H3. The molecule has 1 saturated heterocycles. The topological polar surface area (TPSA) is 69.7 Å². The van der Waals surface area contributed by atoms with Crippen LogP contribution in [0.25, 0.3) is 10.8 Å². The average molecular weight is 424 g/mol. The van der Waals surface area contributed by atoms with Crippen molar-refractivity contribution in [3.05, 3.63) is 71.8 Å². The van der Waals surface area contributed by atoms with Gasteiger partial charge in [0.15, 0.2) is 0 Å². The Morgan fingerprint density at radius 3 is 2.33 bits per heavy atom. The molecule has 0 unspecified atom stereocenters. The number of rotatable bonds is 4. The van der Waals surface area contributed by atoms with Crippen molar-refractivity contribution in [3.8, 4) is 0 Å². The molecule has 4 rings (SSSR count). The summed E-state index contributed by atoms with van der Waals surface area (Å²) in [5, 5.41) is 1.84. The van der Waals surface area contributed by atoms with Crippen LogP contribution in [0.3, 0.4) is 0 Å². The number of sulfonamides is 1. The number of carbonyl (C=O) groups is 1. The lowest BCUT2D eigenvalue weighted by molar-refractivity contribution is 0.0664. The number of hydrogen-bond donors (Lipinski definition) is 1. The number of likely N-dealkylation sites (N-methyl/N-ethyl adjacent to an activating group) is 1. The highest BCUT2D eigenvalue weighted by atomic mass is 32.2. The molecule has 0 saturated carbocycles. The molecule has 3 aromatic rings. The zero-order valence-electron chi connectivity index (χ0n) is 17.1. The van der Waals surface area contributed by atoms with Crippen LogP contribution in [-0.2, 0) is 10.0 Å². The number of aryl methyl sites for hydroxylation is 1. The molecule has 0 spiro atoms. The predicted octanol–water partition coefficient (Wildman–Crippen LogP) is 3.34. The van der Waals surface area contributed by atoms with Crippen LogP contribution in [0.4, 0.5) is 5.69 Å². The molecule has 0 atom stereocenters. The normalized spacial score (nSPS) is 15.3. The summed E-state index contributed by atoms with van der Waals surface area (Å²) in [4.78, 5) is 17.1. The molecule has 1 amide bonds. The predicted molar refractivity (Wildman–Crippen MR) is 119 cm³/mol. The maximum Gasteiger partial charge on any atom is 0.261 e. The lowest BCUT2D eigenvalue weighted by Gasteiger charge is -2.32. The molecule has 0 aromatic heterocycles. The molecule has 3 aromatic carbocycles. The first-order chi connectivity index (χ1) is 14.3. The Morgan fingerprint density at radius 2 is 1.60 bits per heavy atom. The van der Waals surface area contributed by atoms with Gasteiger partial charge in [0.05, 0.1) is 10.6 Å². The second-order valence-electron chi connectivity index (χ2n) is 7.74. The van der Waals surface area contributed by atoms with Gasteiger partial charge >= 0.3 is 0 Å². The molecule has 0 aliphatic carbocycles. The molecule has 1 heterocycles. The van der Waals surface area contributed by atoms with E-state index < -0.39 is 10.0 Å². The van der Waals surface area contributed by atoms with Crippen molar-refractivity contribution in [1.29, 1.82) is 0 Å². The Labute approximate surface area is 177 Å². The minimum Gasteiger partial charge on any atom is -0.336 e. The Morgan fingerprint density at radius 1 is 0.900 bits per heavy atom. The Hall–Kier alpha value is -2.90. The molecule has 30 heavy (non-hydrogen) atoms. The number of nitrogens with zero attached hydrogens (tertiary/aromatic N) is 2. The van der Waals surface area contributed by atoms with Gasteiger partial charge in [-0.1, -0.05) is 36.4 Å². The molecule has 7 heteroatoms. The van der Waals surface area contributed by atoms with Crippen molar-refractivity contribution < 1.29 is 13.2 Å². The molecule has 1 N–H and O–H groups in total. The van der Waals surface area contributed by atoms with Gasteiger partial charge in [-0.15, -0.1) is 0 Å². The van der Waals surface area contributed by atoms with Crippen LogP contribution in [0.2, 0.25) is 0 Å². The highest BCUT2D eigenvalue weighted by Crippen LogP contribution is 2.24. The number of fused-ring (bicyclic) bond motifs is 1. The van der Waals surface area contributed by atoms with Gasteiger partial charge in [-0.25, -0.2) is 8.42 Å². The van der Waals surface area contributed by atoms with E-state index in [-0.39, 0.29) is 10.8 Å². The number of amides is 1. The maximum atomic E-state index is 13.0. The van der Waals surface area contributed by atoms with Crippen LogP contribution in [0, 0.1) is 6.92 Å². The second-order valence-corrected chi connectivity index (χ2v) is 9.42. The van der Waals surface area contributed by atoms with E-state index in [4.69, 9.17) is 0 Å². The summed E-state index contributed by atoms with van der Waals surface area (Å²) in [6.45, 7) is 4.82. The van der Waals surface area contributed by atoms with Crippen molar-refractivity contribution in [2.24, 2.45) is 0 Å². The van der Waals surface area contributed by atoms with Gasteiger partial charge < -0.3 is 9.80 Å². The van der Waals surface area contributed by atoms with E-state index in [9.17, 15) is 13.2 Å². The number of nitrogens with one attached hydrogen (secondary N) is 1. The smallest absolute Gasteiger partial charge is 0.261 e. The van der Waals surface area contributed by atoms with Gasteiger partial charge in [0.1, 0.15) is 0 Å². The summed E-state index contributed by atoms with van der Waals surface area (Å²) < 4.78 is 28.7. The van der Waals surface area contributed by atoms with Crippen molar-refractivity contribution in [3.63, 3.8) is 0 Å². The largest absolute Gasteiger partial charge is 0.336 e. The molecule has 1 aliphatic heterocycles. The minimum absolute atomic E-state index is 0.0748. The van der Waals surface area contributed by atoms with E-state index in [1.807, 2.05) is 43.1 Å². The van der Waals surface area contributed by atoms with Crippen LogP contribution >= 0.6 is 0 Å². The lowest BCUT2D eigenvalue weighted by Crippen LogP contribution is -2.47. The molecule has 1 aliphatic rings. The van der Waals surface area contributed by atoms with Gasteiger partial charge in [0, 0.05) is 31.7 Å². The van der Waals surface area contributed by atoms with E-state index in [0.29, 0.717) is 24.3 Å². The fourth-order valence-electron chi connectivity index (χ4n) is 3.60.